The molecule has 3 atom stereocenters. The Kier molecular flexibility index (Phi) is 4.19. The predicted molar refractivity (Wildman–Crippen MR) is 88.9 cm³/mol. The van der Waals surface area contributed by atoms with Crippen molar-refractivity contribution in [2.24, 2.45) is 5.92 Å². The largest absolute Gasteiger partial charge is 0.491 e. The summed E-state index contributed by atoms with van der Waals surface area (Å²) in [5.74, 6) is 1.41. The summed E-state index contributed by atoms with van der Waals surface area (Å²) < 4.78 is 24.0. The van der Waals surface area contributed by atoms with Crippen LogP contribution >= 0.6 is 0 Å². The molecular formula is C19H21FN2O3. The topological polar surface area (TPSA) is 55.6 Å². The van der Waals surface area contributed by atoms with Crippen molar-refractivity contribution in [1.82, 2.24) is 10.1 Å². The number of ether oxygens (including phenoxy) is 1. The highest BCUT2D eigenvalue weighted by Crippen LogP contribution is 2.43. The van der Waals surface area contributed by atoms with Crippen LogP contribution in [0.3, 0.4) is 0 Å². The van der Waals surface area contributed by atoms with E-state index >= 15 is 0 Å². The lowest BCUT2D eigenvalue weighted by Gasteiger charge is -2.34. The van der Waals surface area contributed by atoms with Gasteiger partial charge < -0.3 is 14.2 Å². The second-order valence-corrected chi connectivity index (χ2v) is 6.80. The molecule has 25 heavy (non-hydrogen) atoms. The molecule has 1 aromatic carbocycles. The number of halogens is 1. The molecule has 1 aliphatic heterocycles. The molecule has 132 valence electrons. The number of carbonyl (C=O) groups excluding carboxylic acids is 1. The first kappa shape index (κ1) is 16.1. The molecule has 2 aliphatic rings. The third-order valence-corrected chi connectivity index (χ3v) is 5.34. The van der Waals surface area contributed by atoms with E-state index in [1.165, 1.54) is 12.1 Å². The molecule has 6 heteroatoms. The molecule has 2 aromatic rings. The van der Waals surface area contributed by atoms with Gasteiger partial charge >= 0.3 is 0 Å². The summed E-state index contributed by atoms with van der Waals surface area (Å²) in [6.45, 7) is 2.38. The Bertz CT molecular complexity index is 758. The van der Waals surface area contributed by atoms with Crippen molar-refractivity contribution in [3.8, 4) is 5.75 Å². The lowest BCUT2D eigenvalue weighted by atomic mass is 9.99. The van der Waals surface area contributed by atoms with Crippen LogP contribution in [0.4, 0.5) is 4.39 Å². The number of aryl methyl sites for hydroxylation is 1. The van der Waals surface area contributed by atoms with Gasteiger partial charge in [0.15, 0.2) is 5.69 Å². The number of hydrogen-bond donors (Lipinski definition) is 0. The number of nitrogens with zero attached hydrogens (tertiary/aromatic N) is 2. The molecule has 5 nitrogen and oxygen atoms in total. The Hall–Kier alpha value is -2.37. The lowest BCUT2D eigenvalue weighted by molar-refractivity contribution is 0.0496. The van der Waals surface area contributed by atoms with Gasteiger partial charge in [-0.2, -0.15) is 0 Å². The number of amides is 1. The molecule has 1 aromatic heterocycles. The highest BCUT2D eigenvalue weighted by Gasteiger charge is 2.49. The fraction of sp³-hybridized carbons (Fsp3) is 0.474. The van der Waals surface area contributed by atoms with Gasteiger partial charge in [-0.25, -0.2) is 4.39 Å². The Labute approximate surface area is 145 Å². The molecule has 0 N–H and O–H groups in total. The van der Waals surface area contributed by atoms with Crippen molar-refractivity contribution in [2.45, 2.75) is 44.7 Å². The van der Waals surface area contributed by atoms with Crippen LogP contribution in [0, 0.1) is 11.7 Å². The Morgan fingerprint density at radius 2 is 2.16 bits per heavy atom. The molecule has 0 spiro atoms. The molecule has 0 unspecified atom stereocenters. The smallest absolute Gasteiger partial charge is 0.276 e. The van der Waals surface area contributed by atoms with Crippen molar-refractivity contribution in [3.05, 3.63) is 47.6 Å². The summed E-state index contributed by atoms with van der Waals surface area (Å²) in [4.78, 5) is 14.9. The minimum Gasteiger partial charge on any atom is -0.491 e. The van der Waals surface area contributed by atoms with Gasteiger partial charge in [-0.1, -0.05) is 12.1 Å². The van der Waals surface area contributed by atoms with Crippen molar-refractivity contribution >= 4 is 5.91 Å². The van der Waals surface area contributed by atoms with E-state index in [2.05, 4.69) is 5.16 Å². The zero-order valence-electron chi connectivity index (χ0n) is 14.2. The Morgan fingerprint density at radius 3 is 2.88 bits per heavy atom. The molecule has 1 amide bonds. The van der Waals surface area contributed by atoms with Gasteiger partial charge in [-0.15, -0.1) is 0 Å². The van der Waals surface area contributed by atoms with E-state index in [-0.39, 0.29) is 23.8 Å². The number of rotatable bonds is 5. The van der Waals surface area contributed by atoms with Gasteiger partial charge in [-0.3, -0.25) is 4.79 Å². The van der Waals surface area contributed by atoms with E-state index < -0.39 is 0 Å². The lowest BCUT2D eigenvalue weighted by Crippen LogP contribution is -2.47. The molecule has 1 saturated heterocycles. The van der Waals surface area contributed by atoms with Crippen LogP contribution in [0.2, 0.25) is 0 Å². The van der Waals surface area contributed by atoms with Crippen LogP contribution in [0.5, 0.6) is 5.75 Å². The van der Waals surface area contributed by atoms with Crippen molar-refractivity contribution in [3.63, 3.8) is 0 Å². The van der Waals surface area contributed by atoms with E-state index in [0.717, 1.165) is 19.3 Å². The van der Waals surface area contributed by atoms with Crippen LogP contribution in [-0.4, -0.2) is 34.7 Å². The fourth-order valence-electron chi connectivity index (χ4n) is 4.05. The predicted octanol–water partition coefficient (Wildman–Crippen LogP) is 3.45. The average molecular weight is 344 g/mol. The summed E-state index contributed by atoms with van der Waals surface area (Å²) in [5, 5.41) is 3.93. The highest BCUT2D eigenvalue weighted by molar-refractivity contribution is 5.93. The van der Waals surface area contributed by atoms with E-state index in [0.29, 0.717) is 36.1 Å². The van der Waals surface area contributed by atoms with Gasteiger partial charge in [0.2, 0.25) is 0 Å². The summed E-state index contributed by atoms with van der Waals surface area (Å²) in [6.07, 6.45) is 3.87. The third kappa shape index (κ3) is 3.01. The number of fused-ring (bicyclic) bond motifs is 2. The number of likely N-dealkylation sites (tertiary alicyclic amines) is 1. The molecule has 0 radical (unpaired) electrons. The van der Waals surface area contributed by atoms with Crippen LogP contribution in [0.15, 0.2) is 34.9 Å². The Morgan fingerprint density at radius 1 is 1.36 bits per heavy atom. The van der Waals surface area contributed by atoms with Crippen LogP contribution in [0.1, 0.15) is 42.4 Å². The fourth-order valence-corrected chi connectivity index (χ4v) is 4.05. The first-order valence-electron chi connectivity index (χ1n) is 8.82. The molecule has 2 fully saturated rings. The van der Waals surface area contributed by atoms with E-state index in [1.54, 1.807) is 18.2 Å². The quantitative estimate of drug-likeness (QED) is 0.834. The van der Waals surface area contributed by atoms with Crippen LogP contribution in [-0.2, 0) is 6.42 Å². The minimum atomic E-state index is -0.290. The molecule has 2 heterocycles. The number of piperidine rings is 1. The van der Waals surface area contributed by atoms with Crippen LogP contribution in [0.25, 0.3) is 0 Å². The Balaban J connectivity index is 1.49. The maximum Gasteiger partial charge on any atom is 0.276 e. The summed E-state index contributed by atoms with van der Waals surface area (Å²) in [5.41, 5.74) is 0.371. The normalized spacial score (nSPS) is 24.7. The first-order valence-corrected chi connectivity index (χ1v) is 8.82. The molecule has 2 bridgehead atoms. The summed E-state index contributed by atoms with van der Waals surface area (Å²) >= 11 is 0. The summed E-state index contributed by atoms with van der Waals surface area (Å²) in [6, 6.07) is 7.98. The van der Waals surface area contributed by atoms with Gasteiger partial charge in [0.05, 0.1) is 6.04 Å². The van der Waals surface area contributed by atoms with Crippen LogP contribution < -0.4 is 4.74 Å². The zero-order chi connectivity index (χ0) is 17.4. The van der Waals surface area contributed by atoms with E-state index in [1.807, 2.05) is 11.8 Å². The van der Waals surface area contributed by atoms with E-state index in [4.69, 9.17) is 9.26 Å². The van der Waals surface area contributed by atoms with E-state index in [9.17, 15) is 9.18 Å². The minimum absolute atomic E-state index is 0.0260. The first-order chi connectivity index (χ1) is 12.2. The van der Waals surface area contributed by atoms with Gasteiger partial charge in [0.1, 0.15) is 23.9 Å². The maximum absolute atomic E-state index is 13.0. The highest BCUT2D eigenvalue weighted by atomic mass is 19.1. The number of benzene rings is 1. The van der Waals surface area contributed by atoms with Gasteiger partial charge in [0, 0.05) is 18.5 Å². The molecular weight excluding hydrogens is 323 g/mol. The number of hydrogen-bond acceptors (Lipinski definition) is 4. The molecule has 1 aliphatic carbocycles. The van der Waals surface area contributed by atoms with Crippen molar-refractivity contribution in [2.75, 3.05) is 6.61 Å². The monoisotopic (exact) mass is 344 g/mol. The average Bonchev–Trinajstić information content (AvgIpc) is 3.35. The molecule has 1 saturated carbocycles. The van der Waals surface area contributed by atoms with Gasteiger partial charge in [-0.05, 0) is 49.4 Å². The third-order valence-electron chi connectivity index (χ3n) is 5.34. The number of aromatic nitrogens is 1. The SMILES string of the molecule is CCc1cc(C(=O)N2[C@@H]3CC[C@H](C3)[C@@H]2COc2ccc(F)cc2)no1. The van der Waals surface area contributed by atoms with Gasteiger partial charge in [0.25, 0.3) is 5.91 Å². The summed E-state index contributed by atoms with van der Waals surface area (Å²) in [7, 11) is 0. The maximum atomic E-state index is 13.0. The molecule has 4 rings (SSSR count). The van der Waals surface area contributed by atoms with Crippen molar-refractivity contribution < 1.29 is 18.4 Å². The van der Waals surface area contributed by atoms with Crippen molar-refractivity contribution in [1.29, 1.82) is 0 Å². The number of carbonyl (C=O) groups is 1. The second-order valence-electron chi connectivity index (χ2n) is 6.80. The zero-order valence-corrected chi connectivity index (χ0v) is 14.2. The second kappa shape index (κ2) is 6.50. The standard InChI is InChI=1S/C19H21FN2O3/c1-2-15-10-17(21-25-15)19(23)22-14-6-3-12(9-14)18(22)11-24-16-7-4-13(20)5-8-16/h4-5,7-8,10,12,14,18H,2-3,6,9,11H2,1H3/t12-,14-,18+/m1/s1.